The van der Waals surface area contributed by atoms with E-state index in [-0.39, 0.29) is 0 Å². The maximum Gasteiger partial charge on any atom is 0.167 e. The second kappa shape index (κ2) is 11.2. The van der Waals surface area contributed by atoms with Crippen LogP contribution < -0.4 is 0 Å². The van der Waals surface area contributed by atoms with Crippen LogP contribution in [0.2, 0.25) is 0 Å². The average Bonchev–Trinajstić information content (AvgIpc) is 3.38. The zero-order chi connectivity index (χ0) is 19.6. The molecular formula is C25H33NOS. The Morgan fingerprint density at radius 2 is 1.50 bits per heavy atom. The third kappa shape index (κ3) is 6.07. The Morgan fingerprint density at radius 1 is 0.786 bits per heavy atom. The summed E-state index contributed by atoms with van der Waals surface area (Å²) in [5.41, 5.74) is 3.45. The highest BCUT2D eigenvalue weighted by atomic mass is 32.1. The molecule has 150 valence electrons. The monoisotopic (exact) mass is 395 g/mol. The van der Waals surface area contributed by atoms with E-state index in [1.165, 1.54) is 73.1 Å². The molecule has 0 amide bonds. The molecule has 3 aromatic rings. The van der Waals surface area contributed by atoms with Crippen molar-refractivity contribution in [1.82, 2.24) is 5.16 Å². The minimum absolute atomic E-state index is 0.852. The molecule has 1 aromatic carbocycles. The van der Waals surface area contributed by atoms with E-state index < -0.39 is 0 Å². The molecule has 0 fully saturated rings. The number of hydrogen-bond acceptors (Lipinski definition) is 3. The third-order valence-corrected chi connectivity index (χ3v) is 6.43. The van der Waals surface area contributed by atoms with Crippen molar-refractivity contribution in [2.45, 2.75) is 78.1 Å². The molecule has 2 aromatic heterocycles. The van der Waals surface area contributed by atoms with Crippen LogP contribution in [0, 0.1) is 0 Å². The highest BCUT2D eigenvalue weighted by Gasteiger charge is 2.11. The number of nitrogens with zero attached hydrogens (tertiary/aromatic N) is 1. The molecule has 3 heteroatoms. The second-order valence-electron chi connectivity index (χ2n) is 7.66. The van der Waals surface area contributed by atoms with Crippen molar-refractivity contribution in [3.8, 4) is 21.9 Å². The van der Waals surface area contributed by atoms with Gasteiger partial charge in [-0.15, -0.1) is 11.3 Å². The largest absolute Gasteiger partial charge is 0.356 e. The molecule has 28 heavy (non-hydrogen) atoms. The van der Waals surface area contributed by atoms with Gasteiger partial charge in [0.25, 0.3) is 0 Å². The Bertz CT molecular complexity index is 815. The molecule has 3 rings (SSSR count). The zero-order valence-electron chi connectivity index (χ0n) is 17.4. The third-order valence-electron chi connectivity index (χ3n) is 5.26. The molecule has 0 bridgehead atoms. The van der Waals surface area contributed by atoms with E-state index >= 15 is 0 Å². The first kappa shape index (κ1) is 20.9. The van der Waals surface area contributed by atoms with E-state index in [0.29, 0.717) is 0 Å². The number of aromatic nitrogens is 1. The van der Waals surface area contributed by atoms with Crippen molar-refractivity contribution in [2.75, 3.05) is 0 Å². The molecule has 0 aliphatic rings. The summed E-state index contributed by atoms with van der Waals surface area (Å²) in [6.45, 7) is 4.51. The number of aryl methyl sites for hydroxylation is 2. The highest BCUT2D eigenvalue weighted by molar-refractivity contribution is 7.15. The van der Waals surface area contributed by atoms with Gasteiger partial charge in [-0.3, -0.25) is 0 Å². The molecule has 0 aliphatic heterocycles. The van der Waals surface area contributed by atoms with Crippen molar-refractivity contribution in [3.63, 3.8) is 0 Å². The van der Waals surface area contributed by atoms with Crippen molar-refractivity contribution in [1.29, 1.82) is 0 Å². The highest BCUT2D eigenvalue weighted by Crippen LogP contribution is 2.31. The molecular weight excluding hydrogens is 362 g/mol. The van der Waals surface area contributed by atoms with E-state index in [0.717, 1.165) is 23.4 Å². The summed E-state index contributed by atoms with van der Waals surface area (Å²) < 4.78 is 5.63. The van der Waals surface area contributed by atoms with Crippen LogP contribution >= 0.6 is 11.3 Å². The first-order chi connectivity index (χ1) is 13.8. The van der Waals surface area contributed by atoms with Crippen molar-refractivity contribution >= 4 is 11.3 Å². The average molecular weight is 396 g/mol. The fourth-order valence-corrected chi connectivity index (χ4v) is 4.50. The lowest BCUT2D eigenvalue weighted by Crippen LogP contribution is -1.85. The van der Waals surface area contributed by atoms with Crippen LogP contribution in [0.1, 0.15) is 75.7 Å². The Kier molecular flexibility index (Phi) is 8.35. The van der Waals surface area contributed by atoms with Crippen molar-refractivity contribution in [3.05, 3.63) is 52.9 Å². The Hall–Kier alpha value is -1.87. The number of hydrogen-bond donors (Lipinski definition) is 0. The van der Waals surface area contributed by atoms with E-state index in [9.17, 15) is 0 Å². The SMILES string of the molecule is CCCCCCCc1ccc(-c2cc(-c3ccc(CCCCC)cc3)on2)s1. The molecule has 0 unspecified atom stereocenters. The lowest BCUT2D eigenvalue weighted by molar-refractivity contribution is 0.435. The molecule has 0 saturated heterocycles. The van der Waals surface area contributed by atoms with Crippen LogP contribution in [0.4, 0.5) is 0 Å². The standard InChI is InChI=1S/C25H33NOS/c1-3-5-7-8-10-12-22-17-18-25(28-22)23-19-24(27-26-23)21-15-13-20(14-16-21)11-9-6-4-2/h13-19H,3-12H2,1-2H3. The van der Waals surface area contributed by atoms with Crippen LogP contribution in [0.5, 0.6) is 0 Å². The van der Waals surface area contributed by atoms with Crippen molar-refractivity contribution in [2.24, 2.45) is 0 Å². The minimum atomic E-state index is 0.852. The first-order valence-corrected chi connectivity index (χ1v) is 11.8. The lowest BCUT2D eigenvalue weighted by Gasteiger charge is -2.01. The molecule has 0 radical (unpaired) electrons. The summed E-state index contributed by atoms with van der Waals surface area (Å²) in [5.74, 6) is 0.852. The predicted octanol–water partition coefficient (Wildman–Crippen LogP) is 8.32. The van der Waals surface area contributed by atoms with Gasteiger partial charge in [0.1, 0.15) is 5.69 Å². The number of thiophene rings is 1. The molecule has 0 spiro atoms. The summed E-state index contributed by atoms with van der Waals surface area (Å²) in [6, 6.07) is 15.3. The maximum absolute atomic E-state index is 5.63. The molecule has 0 aliphatic carbocycles. The van der Waals surface area contributed by atoms with Gasteiger partial charge >= 0.3 is 0 Å². The second-order valence-corrected chi connectivity index (χ2v) is 8.83. The van der Waals surface area contributed by atoms with Gasteiger partial charge in [-0.2, -0.15) is 0 Å². The van der Waals surface area contributed by atoms with Gasteiger partial charge in [0.15, 0.2) is 5.76 Å². The summed E-state index contributed by atoms with van der Waals surface area (Å²) in [6.07, 6.45) is 12.8. The molecule has 0 saturated carbocycles. The fourth-order valence-electron chi connectivity index (χ4n) is 3.49. The quantitative estimate of drug-likeness (QED) is 0.288. The maximum atomic E-state index is 5.63. The number of unbranched alkanes of at least 4 members (excludes halogenated alkanes) is 6. The summed E-state index contributed by atoms with van der Waals surface area (Å²) >= 11 is 1.85. The Morgan fingerprint density at radius 3 is 2.29 bits per heavy atom. The van der Waals surface area contributed by atoms with E-state index in [1.54, 1.807) is 0 Å². The number of benzene rings is 1. The van der Waals surface area contributed by atoms with Gasteiger partial charge in [-0.1, -0.05) is 81.8 Å². The molecule has 2 heterocycles. The van der Waals surface area contributed by atoms with E-state index in [4.69, 9.17) is 4.52 Å². The predicted molar refractivity (Wildman–Crippen MR) is 121 cm³/mol. The van der Waals surface area contributed by atoms with E-state index in [2.05, 4.69) is 61.5 Å². The van der Waals surface area contributed by atoms with Crippen LogP contribution in [0.3, 0.4) is 0 Å². The normalized spacial score (nSPS) is 11.2. The van der Waals surface area contributed by atoms with Crippen LogP contribution in [-0.4, -0.2) is 5.16 Å². The van der Waals surface area contributed by atoms with Gasteiger partial charge < -0.3 is 4.52 Å². The molecule has 0 N–H and O–H groups in total. The van der Waals surface area contributed by atoms with Gasteiger partial charge in [-0.05, 0) is 43.4 Å². The first-order valence-electron chi connectivity index (χ1n) is 10.9. The van der Waals surface area contributed by atoms with Crippen molar-refractivity contribution < 1.29 is 4.52 Å². The van der Waals surface area contributed by atoms with Crippen LogP contribution in [0.15, 0.2) is 47.0 Å². The van der Waals surface area contributed by atoms with Gasteiger partial charge in [0.05, 0.1) is 4.88 Å². The minimum Gasteiger partial charge on any atom is -0.356 e. The van der Waals surface area contributed by atoms with Crippen LogP contribution in [0.25, 0.3) is 21.9 Å². The Balaban J connectivity index is 1.56. The van der Waals surface area contributed by atoms with Crippen LogP contribution in [-0.2, 0) is 12.8 Å². The zero-order valence-corrected chi connectivity index (χ0v) is 18.2. The summed E-state index contributed by atoms with van der Waals surface area (Å²) in [7, 11) is 0. The summed E-state index contributed by atoms with van der Waals surface area (Å²) in [4.78, 5) is 2.65. The fraction of sp³-hybridized carbons (Fsp3) is 0.480. The number of rotatable bonds is 12. The summed E-state index contributed by atoms with van der Waals surface area (Å²) in [5, 5.41) is 4.32. The van der Waals surface area contributed by atoms with Gasteiger partial charge in [0, 0.05) is 16.5 Å². The topological polar surface area (TPSA) is 26.0 Å². The van der Waals surface area contributed by atoms with Gasteiger partial charge in [-0.25, -0.2) is 0 Å². The van der Waals surface area contributed by atoms with E-state index in [1.807, 2.05) is 11.3 Å². The van der Waals surface area contributed by atoms with Gasteiger partial charge in [0.2, 0.25) is 0 Å². The molecule has 2 nitrogen and oxygen atoms in total. The smallest absolute Gasteiger partial charge is 0.167 e. The molecule has 0 atom stereocenters. The lowest BCUT2D eigenvalue weighted by atomic mass is 10.0. The Labute approximate surface area is 174 Å².